The van der Waals surface area contributed by atoms with Crippen molar-refractivity contribution in [2.24, 2.45) is 0 Å². The highest BCUT2D eigenvalue weighted by Crippen LogP contribution is 2.23. The number of aliphatic hydroxyl groups excluding tert-OH is 1. The Hall–Kier alpha value is -3.21. The van der Waals surface area contributed by atoms with E-state index in [1.165, 1.54) is 18.2 Å². The molecule has 0 aliphatic heterocycles. The van der Waals surface area contributed by atoms with E-state index in [9.17, 15) is 13.5 Å². The number of rotatable bonds is 6. The van der Waals surface area contributed by atoms with Gasteiger partial charge in [0, 0.05) is 0 Å². The number of hydrogen-bond acceptors (Lipinski definition) is 5. The minimum atomic E-state index is -3.81. The lowest BCUT2D eigenvalue weighted by atomic mass is 10.0. The maximum absolute atomic E-state index is 12.6. The third-order valence-electron chi connectivity index (χ3n) is 4.25. The fraction of sp³-hybridized carbons (Fsp3) is 0.143. The lowest BCUT2D eigenvalue weighted by Crippen LogP contribution is -2.14. The van der Waals surface area contributed by atoms with Crippen LogP contribution in [0.4, 0.5) is 5.82 Å². The van der Waals surface area contributed by atoms with Crippen molar-refractivity contribution >= 4 is 15.8 Å². The van der Waals surface area contributed by atoms with E-state index in [4.69, 9.17) is 5.26 Å². The molecule has 3 aromatic rings. The first-order valence-corrected chi connectivity index (χ1v) is 10.2. The highest BCUT2D eigenvalue weighted by atomic mass is 32.2. The molecule has 1 heterocycles. The number of sulfonamides is 1. The van der Waals surface area contributed by atoms with Crippen LogP contribution in [-0.2, 0) is 10.0 Å². The summed E-state index contributed by atoms with van der Waals surface area (Å²) in [6.45, 7) is 1.82. The molecule has 28 heavy (non-hydrogen) atoms. The van der Waals surface area contributed by atoms with E-state index in [0.29, 0.717) is 17.7 Å². The number of aliphatic hydroxyl groups is 1. The Bertz CT molecular complexity index is 1100. The van der Waals surface area contributed by atoms with Crippen molar-refractivity contribution in [2.75, 3.05) is 4.72 Å². The molecule has 3 rings (SSSR count). The van der Waals surface area contributed by atoms with Crippen LogP contribution in [0.1, 0.15) is 30.7 Å². The highest BCUT2D eigenvalue weighted by Gasteiger charge is 2.16. The molecule has 6 nitrogen and oxygen atoms in total. The van der Waals surface area contributed by atoms with Gasteiger partial charge in [-0.3, -0.25) is 4.72 Å². The number of aromatic nitrogens is 1. The SMILES string of the molecule is CC[C@H](O)c1cccc(NS(=O)(=O)c2ccc(-c3ccc(C#N)cc3)cc2)n1. The van der Waals surface area contributed by atoms with Crippen LogP contribution in [0.15, 0.2) is 71.6 Å². The number of nitriles is 1. The molecule has 2 aromatic carbocycles. The quantitative estimate of drug-likeness (QED) is 0.662. The molecule has 0 spiro atoms. The fourth-order valence-corrected chi connectivity index (χ4v) is 3.66. The Labute approximate surface area is 164 Å². The van der Waals surface area contributed by atoms with Crippen molar-refractivity contribution in [3.8, 4) is 17.2 Å². The van der Waals surface area contributed by atoms with E-state index in [0.717, 1.165) is 11.1 Å². The summed E-state index contributed by atoms with van der Waals surface area (Å²) in [5.74, 6) is 0.154. The van der Waals surface area contributed by atoms with E-state index in [1.54, 1.807) is 36.4 Å². The van der Waals surface area contributed by atoms with Crippen molar-refractivity contribution in [3.63, 3.8) is 0 Å². The Morgan fingerprint density at radius 1 is 1.04 bits per heavy atom. The molecule has 1 atom stereocenters. The number of nitrogens with one attached hydrogen (secondary N) is 1. The summed E-state index contributed by atoms with van der Waals surface area (Å²) >= 11 is 0. The van der Waals surface area contributed by atoms with E-state index < -0.39 is 16.1 Å². The first-order chi connectivity index (χ1) is 13.4. The number of hydrogen-bond donors (Lipinski definition) is 2. The Balaban J connectivity index is 1.81. The second-order valence-corrected chi connectivity index (χ2v) is 7.87. The largest absolute Gasteiger partial charge is 0.387 e. The lowest BCUT2D eigenvalue weighted by Gasteiger charge is -2.11. The molecule has 1 aromatic heterocycles. The van der Waals surface area contributed by atoms with Gasteiger partial charge in [-0.1, -0.05) is 37.3 Å². The molecule has 0 saturated heterocycles. The van der Waals surface area contributed by atoms with Gasteiger partial charge in [0.2, 0.25) is 0 Å². The summed E-state index contributed by atoms with van der Waals surface area (Å²) in [6.07, 6.45) is -0.254. The maximum Gasteiger partial charge on any atom is 0.263 e. The first kappa shape index (κ1) is 19.5. The van der Waals surface area contributed by atoms with Crippen LogP contribution >= 0.6 is 0 Å². The maximum atomic E-state index is 12.6. The van der Waals surface area contributed by atoms with Crippen LogP contribution in [0, 0.1) is 11.3 Å². The van der Waals surface area contributed by atoms with Crippen LogP contribution in [-0.4, -0.2) is 18.5 Å². The summed E-state index contributed by atoms with van der Waals surface area (Å²) in [5.41, 5.74) is 2.71. The Morgan fingerprint density at radius 3 is 2.21 bits per heavy atom. The molecule has 142 valence electrons. The van der Waals surface area contributed by atoms with Gasteiger partial charge >= 0.3 is 0 Å². The van der Waals surface area contributed by atoms with Crippen molar-refractivity contribution in [1.82, 2.24) is 4.98 Å². The van der Waals surface area contributed by atoms with Gasteiger partial charge in [0.25, 0.3) is 10.0 Å². The van der Waals surface area contributed by atoms with Gasteiger partial charge in [0.05, 0.1) is 28.3 Å². The first-order valence-electron chi connectivity index (χ1n) is 8.71. The average Bonchev–Trinajstić information content (AvgIpc) is 2.73. The van der Waals surface area contributed by atoms with E-state index in [1.807, 2.05) is 19.1 Å². The monoisotopic (exact) mass is 393 g/mol. The predicted octanol–water partition coefficient (Wildman–Crippen LogP) is 3.86. The molecule has 0 radical (unpaired) electrons. The van der Waals surface area contributed by atoms with Crippen LogP contribution in [0.2, 0.25) is 0 Å². The topological polar surface area (TPSA) is 103 Å². The molecule has 0 bridgehead atoms. The Kier molecular flexibility index (Phi) is 5.73. The standard InChI is InChI=1S/C21H19N3O3S/c1-2-20(25)19-4-3-5-21(23-19)24-28(26,27)18-12-10-17(11-13-18)16-8-6-15(14-22)7-9-16/h3-13,20,25H,2H2,1H3,(H,23,24)/t20-/m0/s1. The number of nitrogens with zero attached hydrogens (tertiary/aromatic N) is 2. The second kappa shape index (κ2) is 8.21. The fourth-order valence-electron chi connectivity index (χ4n) is 2.66. The predicted molar refractivity (Wildman–Crippen MR) is 107 cm³/mol. The summed E-state index contributed by atoms with van der Waals surface area (Å²) in [6, 6.07) is 20.4. The van der Waals surface area contributed by atoms with Gasteiger partial charge in [-0.25, -0.2) is 13.4 Å². The molecular formula is C21H19N3O3S. The van der Waals surface area contributed by atoms with Crippen molar-refractivity contribution in [1.29, 1.82) is 5.26 Å². The minimum Gasteiger partial charge on any atom is -0.387 e. The van der Waals surface area contributed by atoms with E-state index >= 15 is 0 Å². The van der Waals surface area contributed by atoms with Gasteiger partial charge in [0.1, 0.15) is 5.82 Å². The molecular weight excluding hydrogens is 374 g/mol. The van der Waals surface area contributed by atoms with Gasteiger partial charge in [-0.15, -0.1) is 0 Å². The molecule has 0 fully saturated rings. The number of benzene rings is 2. The van der Waals surface area contributed by atoms with Crippen LogP contribution in [0.5, 0.6) is 0 Å². The zero-order chi connectivity index (χ0) is 20.1. The van der Waals surface area contributed by atoms with E-state index in [-0.39, 0.29) is 10.7 Å². The summed E-state index contributed by atoms with van der Waals surface area (Å²) in [5, 5.41) is 18.7. The second-order valence-electron chi connectivity index (χ2n) is 6.19. The zero-order valence-electron chi connectivity index (χ0n) is 15.2. The summed E-state index contributed by atoms with van der Waals surface area (Å²) in [4.78, 5) is 4.27. The van der Waals surface area contributed by atoms with Gasteiger partial charge in [0.15, 0.2) is 0 Å². The third kappa shape index (κ3) is 4.36. The molecule has 0 aliphatic carbocycles. The molecule has 0 unspecified atom stereocenters. The smallest absolute Gasteiger partial charge is 0.263 e. The van der Waals surface area contributed by atoms with Crippen LogP contribution in [0.25, 0.3) is 11.1 Å². The van der Waals surface area contributed by atoms with Gasteiger partial charge in [-0.2, -0.15) is 5.26 Å². The van der Waals surface area contributed by atoms with Crippen molar-refractivity contribution < 1.29 is 13.5 Å². The molecule has 0 saturated carbocycles. The normalized spacial score (nSPS) is 12.2. The summed E-state index contributed by atoms with van der Waals surface area (Å²) < 4.78 is 27.7. The molecule has 2 N–H and O–H groups in total. The minimum absolute atomic E-state index is 0.105. The van der Waals surface area contributed by atoms with Gasteiger partial charge in [-0.05, 0) is 53.9 Å². The number of pyridine rings is 1. The van der Waals surface area contributed by atoms with E-state index in [2.05, 4.69) is 15.8 Å². The molecule has 0 aliphatic rings. The summed E-state index contributed by atoms with van der Waals surface area (Å²) in [7, 11) is -3.81. The van der Waals surface area contributed by atoms with Crippen molar-refractivity contribution in [3.05, 3.63) is 78.0 Å². The van der Waals surface area contributed by atoms with Crippen LogP contribution < -0.4 is 4.72 Å². The molecule has 7 heteroatoms. The number of anilines is 1. The lowest BCUT2D eigenvalue weighted by molar-refractivity contribution is 0.169. The third-order valence-corrected chi connectivity index (χ3v) is 5.62. The van der Waals surface area contributed by atoms with Gasteiger partial charge < -0.3 is 5.11 Å². The zero-order valence-corrected chi connectivity index (χ0v) is 16.0. The van der Waals surface area contributed by atoms with Crippen LogP contribution in [0.3, 0.4) is 0 Å². The Morgan fingerprint density at radius 2 is 1.64 bits per heavy atom. The molecule has 0 amide bonds. The average molecular weight is 393 g/mol. The highest BCUT2D eigenvalue weighted by molar-refractivity contribution is 7.92. The van der Waals surface area contributed by atoms with Crippen molar-refractivity contribution in [2.45, 2.75) is 24.3 Å².